The minimum Gasteiger partial charge on any atom is -0.481 e. The summed E-state index contributed by atoms with van der Waals surface area (Å²) in [6, 6.07) is 1.90. The van der Waals surface area contributed by atoms with Gasteiger partial charge in [-0.25, -0.2) is 0 Å². The molecule has 1 aromatic heterocycles. The fourth-order valence-corrected chi connectivity index (χ4v) is 1.31. The van der Waals surface area contributed by atoms with E-state index in [0.29, 0.717) is 0 Å². The maximum Gasteiger partial charge on any atom is 0.312 e. The summed E-state index contributed by atoms with van der Waals surface area (Å²) in [5, 5.41) is 8.76. The maximum atomic E-state index is 10.6. The molecular formula is C9H13NO2. The molecule has 1 N–H and O–H groups in total. The molecule has 0 aromatic carbocycles. The van der Waals surface area contributed by atoms with Crippen LogP contribution in [0.5, 0.6) is 0 Å². The van der Waals surface area contributed by atoms with Crippen LogP contribution in [0.15, 0.2) is 12.3 Å². The second-order valence-corrected chi connectivity index (χ2v) is 3.11. The number of hydrogen-bond donors (Lipinski definition) is 1. The third-order valence-corrected chi connectivity index (χ3v) is 1.99. The third kappa shape index (κ3) is 1.49. The number of aryl methyl sites for hydroxylation is 2. The summed E-state index contributed by atoms with van der Waals surface area (Å²) in [6.07, 6.45) is 1.93. The molecule has 66 valence electrons. The molecule has 0 aliphatic heterocycles. The zero-order valence-electron chi connectivity index (χ0n) is 7.53. The first-order valence-corrected chi connectivity index (χ1v) is 3.88. The lowest BCUT2D eigenvalue weighted by Gasteiger charge is -2.06. The van der Waals surface area contributed by atoms with Gasteiger partial charge in [-0.2, -0.15) is 0 Å². The largest absolute Gasteiger partial charge is 0.481 e. The minimum atomic E-state index is -0.781. The van der Waals surface area contributed by atoms with Gasteiger partial charge in [0.15, 0.2) is 0 Å². The molecule has 0 amide bonds. The summed E-state index contributed by atoms with van der Waals surface area (Å²) >= 11 is 0. The van der Waals surface area contributed by atoms with Crippen LogP contribution in [0, 0.1) is 6.92 Å². The van der Waals surface area contributed by atoms with Crippen LogP contribution < -0.4 is 0 Å². The molecule has 0 radical (unpaired) electrons. The number of nitrogens with zero attached hydrogens (tertiary/aromatic N) is 1. The number of carboxylic acid groups (broad SMARTS) is 1. The van der Waals surface area contributed by atoms with Crippen LogP contribution in [0.1, 0.15) is 24.1 Å². The highest BCUT2D eigenvalue weighted by Crippen LogP contribution is 2.17. The quantitative estimate of drug-likeness (QED) is 0.725. The molecule has 12 heavy (non-hydrogen) atoms. The van der Waals surface area contributed by atoms with E-state index in [1.54, 1.807) is 6.92 Å². The van der Waals surface area contributed by atoms with Crippen molar-refractivity contribution in [3.63, 3.8) is 0 Å². The smallest absolute Gasteiger partial charge is 0.312 e. The Morgan fingerprint density at radius 2 is 2.25 bits per heavy atom. The number of hydrogen-bond acceptors (Lipinski definition) is 1. The van der Waals surface area contributed by atoms with Gasteiger partial charge in [0.1, 0.15) is 0 Å². The molecule has 0 saturated heterocycles. The number of aliphatic carboxylic acids is 1. The van der Waals surface area contributed by atoms with Gasteiger partial charge in [0.05, 0.1) is 5.92 Å². The van der Waals surface area contributed by atoms with Crippen molar-refractivity contribution < 1.29 is 9.90 Å². The van der Waals surface area contributed by atoms with Crippen molar-refractivity contribution in [2.75, 3.05) is 0 Å². The first-order valence-electron chi connectivity index (χ1n) is 3.88. The average Bonchev–Trinajstić information content (AvgIpc) is 2.28. The van der Waals surface area contributed by atoms with Gasteiger partial charge in [-0.05, 0) is 25.5 Å². The van der Waals surface area contributed by atoms with Crippen molar-refractivity contribution in [3.05, 3.63) is 23.5 Å². The summed E-state index contributed by atoms with van der Waals surface area (Å²) in [5.41, 5.74) is 1.95. The molecule has 0 saturated carbocycles. The molecule has 0 spiro atoms. The third-order valence-electron chi connectivity index (χ3n) is 1.99. The summed E-state index contributed by atoms with van der Waals surface area (Å²) in [7, 11) is 1.86. The predicted molar refractivity (Wildman–Crippen MR) is 46.2 cm³/mol. The lowest BCUT2D eigenvalue weighted by Crippen LogP contribution is -2.10. The van der Waals surface area contributed by atoms with Crippen molar-refractivity contribution in [2.24, 2.45) is 7.05 Å². The second kappa shape index (κ2) is 3.01. The Bertz CT molecular complexity index is 301. The average molecular weight is 167 g/mol. The van der Waals surface area contributed by atoms with Crippen molar-refractivity contribution >= 4 is 5.97 Å². The van der Waals surface area contributed by atoms with E-state index in [1.807, 2.05) is 30.8 Å². The molecule has 0 bridgehead atoms. The maximum absolute atomic E-state index is 10.6. The van der Waals surface area contributed by atoms with Gasteiger partial charge in [0.2, 0.25) is 0 Å². The standard InChI is InChI=1S/C9H13NO2/c1-6-4-8(10(3)5-6)7(2)9(11)12/h4-5,7H,1-3H3,(H,11,12). The lowest BCUT2D eigenvalue weighted by atomic mass is 10.1. The van der Waals surface area contributed by atoms with Crippen LogP contribution >= 0.6 is 0 Å². The molecule has 3 nitrogen and oxygen atoms in total. The highest BCUT2D eigenvalue weighted by Gasteiger charge is 2.16. The van der Waals surface area contributed by atoms with E-state index in [9.17, 15) is 4.79 Å². The van der Waals surface area contributed by atoms with Crippen molar-refractivity contribution in [1.82, 2.24) is 4.57 Å². The van der Waals surface area contributed by atoms with Gasteiger partial charge in [0.25, 0.3) is 0 Å². The Balaban J connectivity index is 3.02. The van der Waals surface area contributed by atoms with Crippen LogP contribution in [-0.2, 0) is 11.8 Å². The monoisotopic (exact) mass is 167 g/mol. The van der Waals surface area contributed by atoms with E-state index in [4.69, 9.17) is 5.11 Å². The van der Waals surface area contributed by atoms with E-state index < -0.39 is 11.9 Å². The second-order valence-electron chi connectivity index (χ2n) is 3.11. The molecule has 1 atom stereocenters. The molecule has 1 unspecified atom stereocenters. The topological polar surface area (TPSA) is 42.2 Å². The summed E-state index contributed by atoms with van der Waals surface area (Å²) in [5.74, 6) is -1.21. The Morgan fingerprint density at radius 1 is 1.67 bits per heavy atom. The number of rotatable bonds is 2. The molecular weight excluding hydrogens is 154 g/mol. The van der Waals surface area contributed by atoms with E-state index in [1.165, 1.54) is 0 Å². The Hall–Kier alpha value is -1.25. The van der Waals surface area contributed by atoms with Gasteiger partial charge >= 0.3 is 5.97 Å². The minimum absolute atomic E-state index is 0.427. The van der Waals surface area contributed by atoms with Gasteiger partial charge < -0.3 is 9.67 Å². The Kier molecular flexibility index (Phi) is 2.22. The SMILES string of the molecule is Cc1cc(C(C)C(=O)O)n(C)c1. The van der Waals surface area contributed by atoms with E-state index in [0.717, 1.165) is 11.3 Å². The van der Waals surface area contributed by atoms with Crippen LogP contribution in [0.2, 0.25) is 0 Å². The van der Waals surface area contributed by atoms with Crippen molar-refractivity contribution in [2.45, 2.75) is 19.8 Å². The lowest BCUT2D eigenvalue weighted by molar-refractivity contribution is -0.138. The van der Waals surface area contributed by atoms with Gasteiger partial charge in [-0.3, -0.25) is 4.79 Å². The summed E-state index contributed by atoms with van der Waals surface area (Å²) < 4.78 is 1.86. The zero-order valence-corrected chi connectivity index (χ0v) is 7.53. The number of carbonyl (C=O) groups is 1. The van der Waals surface area contributed by atoms with Crippen LogP contribution in [0.3, 0.4) is 0 Å². The Labute approximate surface area is 71.6 Å². The highest BCUT2D eigenvalue weighted by molar-refractivity contribution is 5.75. The normalized spacial score (nSPS) is 12.9. The molecule has 1 heterocycles. The van der Waals surface area contributed by atoms with E-state index in [-0.39, 0.29) is 0 Å². The van der Waals surface area contributed by atoms with Gasteiger partial charge in [-0.1, -0.05) is 0 Å². The van der Waals surface area contributed by atoms with E-state index in [2.05, 4.69) is 0 Å². The van der Waals surface area contributed by atoms with E-state index >= 15 is 0 Å². The van der Waals surface area contributed by atoms with Gasteiger partial charge in [-0.15, -0.1) is 0 Å². The zero-order chi connectivity index (χ0) is 9.30. The molecule has 0 aliphatic rings. The van der Waals surface area contributed by atoms with Crippen LogP contribution in [-0.4, -0.2) is 15.6 Å². The molecule has 1 rings (SSSR count). The fourth-order valence-electron chi connectivity index (χ4n) is 1.31. The number of aromatic nitrogens is 1. The molecule has 0 aliphatic carbocycles. The first-order chi connectivity index (χ1) is 5.52. The number of carboxylic acids is 1. The molecule has 0 fully saturated rings. The summed E-state index contributed by atoms with van der Waals surface area (Å²) in [4.78, 5) is 10.6. The van der Waals surface area contributed by atoms with Crippen LogP contribution in [0.25, 0.3) is 0 Å². The van der Waals surface area contributed by atoms with Crippen LogP contribution in [0.4, 0.5) is 0 Å². The van der Waals surface area contributed by atoms with Crippen molar-refractivity contribution in [1.29, 1.82) is 0 Å². The molecule has 1 aromatic rings. The first kappa shape index (κ1) is 8.84. The fraction of sp³-hybridized carbons (Fsp3) is 0.444. The van der Waals surface area contributed by atoms with Gasteiger partial charge in [0, 0.05) is 18.9 Å². The van der Waals surface area contributed by atoms with Crippen molar-refractivity contribution in [3.8, 4) is 0 Å². The summed E-state index contributed by atoms with van der Waals surface area (Å²) in [6.45, 7) is 3.65. The highest BCUT2D eigenvalue weighted by atomic mass is 16.4. The Morgan fingerprint density at radius 3 is 2.58 bits per heavy atom. The predicted octanol–water partition coefficient (Wildman–Crippen LogP) is 1.52. The molecule has 3 heteroatoms.